The Hall–Kier alpha value is -5.74. The molecule has 0 amide bonds. The number of hydrogen-bond donors (Lipinski definition) is 0. The van der Waals surface area contributed by atoms with Gasteiger partial charge in [0.1, 0.15) is 11.0 Å². The van der Waals surface area contributed by atoms with Gasteiger partial charge in [0.05, 0.1) is 0 Å². The van der Waals surface area contributed by atoms with E-state index in [1.165, 1.54) is 33.4 Å². The Morgan fingerprint density at radius 1 is 0.422 bits per heavy atom. The first-order valence-electron chi connectivity index (χ1n) is 15.2. The fourth-order valence-corrected chi connectivity index (χ4v) is 6.76. The summed E-state index contributed by atoms with van der Waals surface area (Å²) in [6.45, 7) is 4.66. The summed E-state index contributed by atoms with van der Waals surface area (Å²) >= 11 is 0. The molecule has 0 unspecified atom stereocenters. The van der Waals surface area contributed by atoms with E-state index < -0.39 is 0 Å². The predicted molar refractivity (Wildman–Crippen MR) is 181 cm³/mol. The zero-order chi connectivity index (χ0) is 30.1. The highest BCUT2D eigenvalue weighted by Crippen LogP contribution is 2.51. The SMILES string of the molecule is CC1(C)c2cc(-c3ccccc3)ccc2-c2ccc(-c3cc(-c4nc5ccccc5o4)cc(-c4nc5ccccc5o4)c3)cc21. The number of nitrogens with zero attached hydrogens (tertiary/aromatic N) is 2. The van der Waals surface area contributed by atoms with Crippen LogP contribution in [0.15, 0.2) is 142 Å². The summed E-state index contributed by atoms with van der Waals surface area (Å²) in [4.78, 5) is 9.64. The van der Waals surface area contributed by atoms with Gasteiger partial charge in [0.2, 0.25) is 11.8 Å². The second-order valence-electron chi connectivity index (χ2n) is 12.3. The Balaban J connectivity index is 1.19. The van der Waals surface area contributed by atoms with Crippen LogP contribution < -0.4 is 0 Å². The molecule has 0 atom stereocenters. The molecule has 2 heterocycles. The number of benzene rings is 6. The summed E-state index contributed by atoms with van der Waals surface area (Å²) < 4.78 is 12.5. The minimum Gasteiger partial charge on any atom is -0.436 e. The molecule has 0 N–H and O–H groups in total. The quantitative estimate of drug-likeness (QED) is 0.208. The molecule has 0 saturated carbocycles. The molecule has 1 aliphatic carbocycles. The highest BCUT2D eigenvalue weighted by Gasteiger charge is 2.36. The second kappa shape index (κ2) is 9.63. The van der Waals surface area contributed by atoms with E-state index in [4.69, 9.17) is 18.8 Å². The van der Waals surface area contributed by atoms with E-state index in [0.717, 1.165) is 44.5 Å². The molecule has 45 heavy (non-hydrogen) atoms. The minimum atomic E-state index is -0.160. The summed E-state index contributed by atoms with van der Waals surface area (Å²) in [7, 11) is 0. The van der Waals surface area contributed by atoms with Crippen molar-refractivity contribution in [2.75, 3.05) is 0 Å². The molecule has 0 aliphatic heterocycles. The number of oxazole rings is 2. The normalized spacial score (nSPS) is 13.3. The highest BCUT2D eigenvalue weighted by molar-refractivity contribution is 5.88. The molecule has 1 aliphatic rings. The topological polar surface area (TPSA) is 52.1 Å². The van der Waals surface area contributed by atoms with E-state index in [1.54, 1.807) is 0 Å². The van der Waals surface area contributed by atoms with Gasteiger partial charge in [-0.2, -0.15) is 0 Å². The Morgan fingerprint density at radius 3 is 1.42 bits per heavy atom. The summed E-state index contributed by atoms with van der Waals surface area (Å²) in [5.41, 5.74) is 14.6. The molecule has 2 aromatic heterocycles. The molecule has 9 rings (SSSR count). The summed E-state index contributed by atoms with van der Waals surface area (Å²) in [5.74, 6) is 1.13. The molecule has 0 fully saturated rings. The van der Waals surface area contributed by atoms with Gasteiger partial charge in [-0.3, -0.25) is 0 Å². The lowest BCUT2D eigenvalue weighted by Crippen LogP contribution is -2.15. The van der Waals surface area contributed by atoms with E-state index in [9.17, 15) is 0 Å². The van der Waals surface area contributed by atoms with Crippen LogP contribution in [0.3, 0.4) is 0 Å². The van der Waals surface area contributed by atoms with Gasteiger partial charge in [0, 0.05) is 16.5 Å². The van der Waals surface area contributed by atoms with Crippen molar-refractivity contribution < 1.29 is 8.83 Å². The molecule has 6 aromatic carbocycles. The molecule has 0 spiro atoms. The second-order valence-corrected chi connectivity index (χ2v) is 12.3. The predicted octanol–water partition coefficient (Wildman–Crippen LogP) is 10.9. The largest absolute Gasteiger partial charge is 0.436 e. The van der Waals surface area contributed by atoms with Gasteiger partial charge in [0.15, 0.2) is 11.2 Å². The molecule has 0 saturated heterocycles. The van der Waals surface area contributed by atoms with Gasteiger partial charge in [-0.1, -0.05) is 92.7 Å². The van der Waals surface area contributed by atoms with Crippen LogP contribution in [0.2, 0.25) is 0 Å². The fourth-order valence-electron chi connectivity index (χ4n) is 6.76. The van der Waals surface area contributed by atoms with Gasteiger partial charge in [0.25, 0.3) is 0 Å². The number of fused-ring (bicyclic) bond motifs is 5. The maximum Gasteiger partial charge on any atom is 0.227 e. The van der Waals surface area contributed by atoms with Gasteiger partial charge < -0.3 is 8.83 Å². The van der Waals surface area contributed by atoms with Crippen molar-refractivity contribution in [2.24, 2.45) is 0 Å². The van der Waals surface area contributed by atoms with E-state index >= 15 is 0 Å². The number of rotatable bonds is 4. The maximum absolute atomic E-state index is 6.23. The minimum absolute atomic E-state index is 0.160. The van der Waals surface area contributed by atoms with E-state index in [1.807, 2.05) is 48.5 Å². The Labute approximate surface area is 260 Å². The molecule has 4 heteroatoms. The van der Waals surface area contributed by atoms with Crippen molar-refractivity contribution in [3.63, 3.8) is 0 Å². The first kappa shape index (κ1) is 25.7. The lowest BCUT2D eigenvalue weighted by molar-refractivity contribution is 0.617. The van der Waals surface area contributed by atoms with Crippen LogP contribution in [0.25, 0.3) is 78.5 Å². The van der Waals surface area contributed by atoms with Crippen LogP contribution in [0, 0.1) is 0 Å². The first-order valence-corrected chi connectivity index (χ1v) is 15.2. The van der Waals surface area contributed by atoms with E-state index in [0.29, 0.717) is 11.8 Å². The zero-order valence-corrected chi connectivity index (χ0v) is 24.9. The molecule has 4 nitrogen and oxygen atoms in total. The Kier molecular flexibility index (Phi) is 5.51. The molecular weight excluding hydrogens is 552 g/mol. The number of aromatic nitrogens is 2. The van der Waals surface area contributed by atoms with Crippen molar-refractivity contribution in [1.82, 2.24) is 9.97 Å². The molecular formula is C41H28N2O2. The lowest BCUT2D eigenvalue weighted by Gasteiger charge is -2.22. The standard InChI is InChI=1S/C41H28N2O2/c1-41(2)33-23-26(25-10-4-3-5-11-25)16-18-31(33)32-19-17-27(24-34(32)41)28-20-29(39-42-35-12-6-8-14-37(35)44-39)22-30(21-28)40-43-36-13-7-9-15-38(36)45-40/h3-24H,1-2H3. The van der Waals surface area contributed by atoms with Crippen LogP contribution in [0.4, 0.5) is 0 Å². The van der Waals surface area contributed by atoms with E-state index in [2.05, 4.69) is 98.8 Å². The van der Waals surface area contributed by atoms with E-state index in [-0.39, 0.29) is 5.41 Å². The van der Waals surface area contributed by atoms with Crippen molar-refractivity contribution in [2.45, 2.75) is 19.3 Å². The average Bonchev–Trinajstić information content (AvgIpc) is 3.78. The summed E-state index contributed by atoms with van der Waals surface area (Å²) in [6.07, 6.45) is 0. The number of hydrogen-bond acceptors (Lipinski definition) is 4. The third-order valence-electron chi connectivity index (χ3n) is 9.13. The zero-order valence-electron chi connectivity index (χ0n) is 24.9. The van der Waals surface area contributed by atoms with Crippen LogP contribution in [-0.2, 0) is 5.41 Å². The van der Waals surface area contributed by atoms with Crippen molar-refractivity contribution in [1.29, 1.82) is 0 Å². The Bertz CT molecular complexity index is 2250. The van der Waals surface area contributed by atoms with Crippen LogP contribution in [0.1, 0.15) is 25.0 Å². The third-order valence-corrected chi connectivity index (χ3v) is 9.13. The van der Waals surface area contributed by atoms with Crippen molar-refractivity contribution in [3.8, 4) is 56.3 Å². The van der Waals surface area contributed by atoms with Crippen LogP contribution in [0.5, 0.6) is 0 Å². The monoisotopic (exact) mass is 580 g/mol. The third kappa shape index (κ3) is 4.14. The molecule has 0 bridgehead atoms. The maximum atomic E-state index is 6.23. The van der Waals surface area contributed by atoms with Crippen molar-refractivity contribution >= 4 is 22.2 Å². The van der Waals surface area contributed by atoms with Crippen LogP contribution >= 0.6 is 0 Å². The summed E-state index contributed by atoms with van der Waals surface area (Å²) in [6, 6.07) is 46.4. The molecule has 214 valence electrons. The number of para-hydroxylation sites is 4. The van der Waals surface area contributed by atoms with Gasteiger partial charge in [-0.15, -0.1) is 0 Å². The summed E-state index contributed by atoms with van der Waals surface area (Å²) in [5, 5.41) is 0. The first-order chi connectivity index (χ1) is 22.0. The lowest BCUT2D eigenvalue weighted by atomic mass is 9.80. The molecule has 0 radical (unpaired) electrons. The smallest absolute Gasteiger partial charge is 0.227 e. The highest BCUT2D eigenvalue weighted by atomic mass is 16.4. The Morgan fingerprint density at radius 2 is 0.889 bits per heavy atom. The van der Waals surface area contributed by atoms with Crippen LogP contribution in [-0.4, -0.2) is 9.97 Å². The fraction of sp³-hybridized carbons (Fsp3) is 0.0732. The van der Waals surface area contributed by atoms with Gasteiger partial charge >= 0.3 is 0 Å². The van der Waals surface area contributed by atoms with Crippen molar-refractivity contribution in [3.05, 3.63) is 145 Å². The van der Waals surface area contributed by atoms with Gasteiger partial charge in [-0.05, 0) is 99.1 Å². The van der Waals surface area contributed by atoms with Gasteiger partial charge in [-0.25, -0.2) is 9.97 Å². The average molecular weight is 581 g/mol. The molecule has 8 aromatic rings.